The molecule has 1 fully saturated rings. The first-order valence-electron chi connectivity index (χ1n) is 12.3. The van der Waals surface area contributed by atoms with Crippen LogP contribution in [0.2, 0.25) is 0 Å². The summed E-state index contributed by atoms with van der Waals surface area (Å²) in [7, 11) is 0. The van der Waals surface area contributed by atoms with Crippen LogP contribution in [0.25, 0.3) is 11.6 Å². The van der Waals surface area contributed by atoms with Crippen molar-refractivity contribution in [1.82, 2.24) is 15.2 Å². The van der Waals surface area contributed by atoms with E-state index in [-0.39, 0.29) is 23.8 Å². The summed E-state index contributed by atoms with van der Waals surface area (Å²) in [6.07, 6.45) is -0.00534. The average molecular weight is 541 g/mol. The summed E-state index contributed by atoms with van der Waals surface area (Å²) >= 11 is 0. The number of anilines is 1. The van der Waals surface area contributed by atoms with Crippen molar-refractivity contribution in [3.8, 4) is 17.7 Å². The molecule has 0 N–H and O–H groups in total. The zero-order valence-corrected chi connectivity index (χ0v) is 20.6. The molecule has 4 heterocycles. The van der Waals surface area contributed by atoms with Crippen molar-refractivity contribution < 1.29 is 27.2 Å². The van der Waals surface area contributed by atoms with Crippen LogP contribution >= 0.6 is 0 Å². The van der Waals surface area contributed by atoms with Gasteiger partial charge in [-0.05, 0) is 37.7 Å². The topological polar surface area (TPSA) is 131 Å². The number of nitrogens with zero attached hydrogens (tertiary/aromatic N) is 6. The van der Waals surface area contributed by atoms with Gasteiger partial charge < -0.3 is 14.1 Å². The summed E-state index contributed by atoms with van der Waals surface area (Å²) in [6.45, 7) is 0.176. The molecule has 2 atom stereocenters. The first kappa shape index (κ1) is 26.3. The van der Waals surface area contributed by atoms with Crippen molar-refractivity contribution in [2.75, 3.05) is 11.4 Å². The van der Waals surface area contributed by atoms with Gasteiger partial charge in [0.2, 0.25) is 11.3 Å². The number of nitriles is 1. The summed E-state index contributed by atoms with van der Waals surface area (Å²) in [4.78, 5) is 17.4. The number of benzene rings is 1. The Labute approximate surface area is 220 Å². The van der Waals surface area contributed by atoms with Gasteiger partial charge in [0.25, 0.3) is 11.8 Å². The zero-order valence-electron chi connectivity index (χ0n) is 20.6. The fraction of sp³-hybridized carbons (Fsp3) is 0.385. The minimum absolute atomic E-state index is 0.00806. The smallest absolute Gasteiger partial charge is 0.415 e. The van der Waals surface area contributed by atoms with Gasteiger partial charge in [0, 0.05) is 18.7 Å². The van der Waals surface area contributed by atoms with Gasteiger partial charge in [-0.2, -0.15) is 18.4 Å². The number of hydrogen-bond donors (Lipinski definition) is 0. The van der Waals surface area contributed by atoms with Crippen molar-refractivity contribution in [1.29, 1.82) is 5.26 Å². The number of halogens is 3. The standard InChI is InChI=1S/C26H23F3N6O4/c27-26(28,29)25(38-16-17-8-3-1-4-9-17)12-6-2-5-10-19-11-7-13-34(19)22-18(15-30)14-20(35(36)37)21(31-22)23-32-33-24(25)39-23/h1-5,8-9,14,19H,6-7,10-13,16H2/b5-2-/t19-,25?/m1/s1. The van der Waals surface area contributed by atoms with Gasteiger partial charge in [0.05, 0.1) is 11.5 Å². The van der Waals surface area contributed by atoms with Crippen LogP contribution in [0.3, 0.4) is 0 Å². The Bertz CT molecular complexity index is 1440. The maximum atomic E-state index is 14.8. The van der Waals surface area contributed by atoms with Gasteiger partial charge in [0.1, 0.15) is 17.5 Å². The number of allylic oxidation sites excluding steroid dienone is 1. The van der Waals surface area contributed by atoms with Crippen LogP contribution in [0, 0.1) is 21.4 Å². The molecule has 202 valence electrons. The van der Waals surface area contributed by atoms with Crippen LogP contribution in [0.1, 0.15) is 49.1 Å². The molecule has 1 unspecified atom stereocenters. The van der Waals surface area contributed by atoms with E-state index in [0.717, 1.165) is 18.9 Å². The molecule has 3 aromatic rings. The second-order valence-electron chi connectivity index (χ2n) is 9.34. The van der Waals surface area contributed by atoms with E-state index in [2.05, 4.69) is 15.2 Å². The minimum atomic E-state index is -4.96. The molecule has 1 saturated heterocycles. The van der Waals surface area contributed by atoms with E-state index in [1.807, 2.05) is 11.0 Å². The highest BCUT2D eigenvalue weighted by Crippen LogP contribution is 2.47. The van der Waals surface area contributed by atoms with Gasteiger partial charge in [-0.25, -0.2) is 4.98 Å². The summed E-state index contributed by atoms with van der Waals surface area (Å²) in [5, 5.41) is 29.0. The molecule has 0 amide bonds. The summed E-state index contributed by atoms with van der Waals surface area (Å²) in [6, 6.07) is 11.3. The van der Waals surface area contributed by atoms with Crippen molar-refractivity contribution in [3.05, 3.63) is 75.7 Å². The number of aromatic nitrogens is 3. The first-order chi connectivity index (χ1) is 18.7. The van der Waals surface area contributed by atoms with Crippen LogP contribution in [-0.2, 0) is 16.9 Å². The van der Waals surface area contributed by atoms with Crippen LogP contribution in [0.15, 0.2) is 53.0 Å². The quantitative estimate of drug-likeness (QED) is 0.236. The normalized spacial score (nSPS) is 22.0. The van der Waals surface area contributed by atoms with Crippen LogP contribution in [-0.4, -0.2) is 38.9 Å². The second kappa shape index (κ2) is 10.5. The molecule has 0 spiro atoms. The molecule has 1 aromatic carbocycles. The Morgan fingerprint density at radius 2 is 2.05 bits per heavy atom. The minimum Gasteiger partial charge on any atom is -0.415 e. The Balaban J connectivity index is 1.68. The Hall–Kier alpha value is -4.31. The predicted octanol–water partition coefficient (Wildman–Crippen LogP) is 5.59. The van der Waals surface area contributed by atoms with Crippen molar-refractivity contribution >= 4 is 11.5 Å². The molecule has 13 heteroatoms. The highest BCUT2D eigenvalue weighted by Gasteiger charge is 2.61. The lowest BCUT2D eigenvalue weighted by molar-refractivity contribution is -0.384. The van der Waals surface area contributed by atoms with Gasteiger partial charge in [-0.15, -0.1) is 10.2 Å². The van der Waals surface area contributed by atoms with Crippen molar-refractivity contribution in [2.24, 2.45) is 0 Å². The van der Waals surface area contributed by atoms with E-state index in [9.17, 15) is 28.5 Å². The molecule has 2 aliphatic heterocycles. The Morgan fingerprint density at radius 1 is 1.26 bits per heavy atom. The first-order valence-corrected chi connectivity index (χ1v) is 12.3. The lowest BCUT2D eigenvalue weighted by atomic mass is 9.95. The van der Waals surface area contributed by atoms with E-state index in [0.29, 0.717) is 18.5 Å². The van der Waals surface area contributed by atoms with Gasteiger partial charge in [-0.3, -0.25) is 10.1 Å². The fourth-order valence-corrected chi connectivity index (χ4v) is 4.96. The van der Waals surface area contributed by atoms with E-state index in [1.54, 1.807) is 42.5 Å². The molecule has 2 aromatic heterocycles. The van der Waals surface area contributed by atoms with Gasteiger partial charge >= 0.3 is 11.9 Å². The number of hydrogen-bond acceptors (Lipinski definition) is 9. The summed E-state index contributed by atoms with van der Waals surface area (Å²) in [5.74, 6) is -1.26. The molecule has 10 nitrogen and oxygen atoms in total. The van der Waals surface area contributed by atoms with Gasteiger partial charge in [0.15, 0.2) is 0 Å². The van der Waals surface area contributed by atoms with E-state index >= 15 is 0 Å². The van der Waals surface area contributed by atoms with Crippen LogP contribution in [0.5, 0.6) is 0 Å². The van der Waals surface area contributed by atoms with Crippen LogP contribution in [0.4, 0.5) is 24.7 Å². The lowest BCUT2D eigenvalue weighted by Gasteiger charge is -2.32. The van der Waals surface area contributed by atoms with E-state index < -0.39 is 52.9 Å². The third-order valence-corrected chi connectivity index (χ3v) is 6.95. The molecule has 0 radical (unpaired) electrons. The zero-order chi connectivity index (χ0) is 27.6. The van der Waals surface area contributed by atoms with Crippen molar-refractivity contribution in [2.45, 2.75) is 56.5 Å². The van der Waals surface area contributed by atoms with Gasteiger partial charge in [-0.1, -0.05) is 42.5 Å². The fourth-order valence-electron chi connectivity index (χ4n) is 4.96. The number of ether oxygens (including phenoxy) is 1. The predicted molar refractivity (Wildman–Crippen MR) is 131 cm³/mol. The Kier molecular flexibility index (Phi) is 7.05. The SMILES string of the molecule is N#Cc1cc([N+](=O)[O-])c2nc1N1CCC[C@H]1C/C=C\CCC(OCc1ccccc1)(C(F)(F)F)c1nnc-2o1. The number of alkyl halides is 3. The monoisotopic (exact) mass is 540 g/mol. The molecule has 2 aliphatic rings. The highest BCUT2D eigenvalue weighted by atomic mass is 19.4. The number of fused-ring (bicyclic) bond motifs is 7. The molecule has 5 rings (SSSR count). The Morgan fingerprint density at radius 3 is 2.77 bits per heavy atom. The summed E-state index contributed by atoms with van der Waals surface area (Å²) < 4.78 is 55.5. The highest BCUT2D eigenvalue weighted by molar-refractivity contribution is 5.70. The molecule has 0 saturated carbocycles. The molecule has 0 aliphatic carbocycles. The largest absolute Gasteiger partial charge is 0.426 e. The molecular formula is C26H23F3N6O4. The number of nitro groups is 1. The lowest BCUT2D eigenvalue weighted by Crippen LogP contribution is -2.45. The average Bonchev–Trinajstić information content (AvgIpc) is 3.59. The second-order valence-corrected chi connectivity index (χ2v) is 9.34. The summed E-state index contributed by atoms with van der Waals surface area (Å²) in [5.41, 5.74) is -3.54. The molecule has 39 heavy (non-hydrogen) atoms. The van der Waals surface area contributed by atoms with Crippen molar-refractivity contribution in [3.63, 3.8) is 0 Å². The number of rotatable bonds is 4. The maximum absolute atomic E-state index is 14.8. The van der Waals surface area contributed by atoms with E-state index in [4.69, 9.17) is 9.15 Å². The third kappa shape index (κ3) is 4.95. The molecular weight excluding hydrogens is 517 g/mol. The molecule has 4 bridgehead atoms. The third-order valence-electron chi connectivity index (χ3n) is 6.95. The maximum Gasteiger partial charge on any atom is 0.426 e. The number of pyridine rings is 1. The van der Waals surface area contributed by atoms with E-state index in [1.165, 1.54) is 0 Å². The van der Waals surface area contributed by atoms with Crippen LogP contribution < -0.4 is 4.90 Å².